The number of carbonyl (C=O) groups is 3. The van der Waals surface area contributed by atoms with Crippen LogP contribution in [0.25, 0.3) is 6.08 Å². The molecule has 6 rings (SSSR count). The molecule has 2 amide bonds. The van der Waals surface area contributed by atoms with Gasteiger partial charge in [-0.05, 0) is 41.0 Å². The zero-order chi connectivity index (χ0) is 25.7. The van der Waals surface area contributed by atoms with Crippen molar-refractivity contribution in [1.29, 1.82) is 0 Å². The predicted molar refractivity (Wildman–Crippen MR) is 137 cm³/mol. The van der Waals surface area contributed by atoms with Crippen LogP contribution in [0.4, 0.5) is 0 Å². The molecule has 7 heteroatoms. The van der Waals surface area contributed by atoms with Crippen LogP contribution in [-0.4, -0.2) is 47.7 Å². The number of nitrogens with zero attached hydrogens (tertiary/aromatic N) is 2. The van der Waals surface area contributed by atoms with Crippen LogP contribution in [0.3, 0.4) is 0 Å². The fourth-order valence-corrected chi connectivity index (χ4v) is 6.01. The fourth-order valence-electron chi connectivity index (χ4n) is 6.01. The zero-order valence-electron chi connectivity index (χ0n) is 20.5. The number of imide groups is 1. The van der Waals surface area contributed by atoms with Crippen LogP contribution in [0, 0.1) is 11.8 Å². The minimum absolute atomic E-state index is 0.180. The van der Waals surface area contributed by atoms with Crippen molar-refractivity contribution < 1.29 is 23.9 Å². The maximum atomic E-state index is 14.2. The minimum atomic E-state index is -0.863. The number of hydrogen-bond acceptors (Lipinski definition) is 6. The largest absolute Gasteiger partial charge is 0.497 e. The molecule has 0 bridgehead atoms. The van der Waals surface area contributed by atoms with Crippen molar-refractivity contribution in [2.45, 2.75) is 18.6 Å². The van der Waals surface area contributed by atoms with Crippen LogP contribution >= 0.6 is 0 Å². The molecule has 0 aromatic heterocycles. The lowest BCUT2D eigenvalue weighted by Crippen LogP contribution is -2.44. The average Bonchev–Trinajstić information content (AvgIpc) is 3.41. The number of Topliss-reactive ketones (excluding diaryl/α,β-unsaturated/α-hetero) is 1. The van der Waals surface area contributed by atoms with Crippen LogP contribution in [0.1, 0.15) is 33.1 Å². The molecule has 2 fully saturated rings. The molecule has 4 atom stereocenters. The molecular weight excluding hydrogens is 468 g/mol. The lowest BCUT2D eigenvalue weighted by molar-refractivity contribution is -0.142. The van der Waals surface area contributed by atoms with Crippen molar-refractivity contribution in [3.63, 3.8) is 0 Å². The zero-order valence-corrected chi connectivity index (χ0v) is 20.5. The molecule has 3 aliphatic rings. The second-order valence-electron chi connectivity index (χ2n) is 9.51. The van der Waals surface area contributed by atoms with Gasteiger partial charge in [0, 0.05) is 6.20 Å². The first-order chi connectivity index (χ1) is 18.0. The number of ether oxygens (including phenoxy) is 2. The van der Waals surface area contributed by atoms with E-state index in [9.17, 15) is 14.4 Å². The Morgan fingerprint density at radius 3 is 2.35 bits per heavy atom. The molecule has 3 aromatic carbocycles. The summed E-state index contributed by atoms with van der Waals surface area (Å²) in [5.41, 5.74) is 3.11. The molecule has 0 radical (unpaired) electrons. The summed E-state index contributed by atoms with van der Waals surface area (Å²) in [6, 6.07) is 21.0. The summed E-state index contributed by atoms with van der Waals surface area (Å²) in [5, 5.41) is 0. The highest BCUT2D eigenvalue weighted by atomic mass is 16.5. The maximum Gasteiger partial charge on any atom is 0.236 e. The molecule has 2 saturated heterocycles. The first-order valence-corrected chi connectivity index (χ1v) is 12.2. The van der Waals surface area contributed by atoms with Crippen molar-refractivity contribution in [2.24, 2.45) is 11.8 Å². The highest BCUT2D eigenvalue weighted by Crippen LogP contribution is 2.53. The van der Waals surface area contributed by atoms with Crippen molar-refractivity contribution in [3.05, 3.63) is 101 Å². The predicted octanol–water partition coefficient (Wildman–Crippen LogP) is 4.10. The molecule has 3 aromatic rings. The van der Waals surface area contributed by atoms with Gasteiger partial charge in [0.25, 0.3) is 0 Å². The Balaban J connectivity index is 1.47. The van der Waals surface area contributed by atoms with Gasteiger partial charge in [-0.15, -0.1) is 0 Å². The third kappa shape index (κ3) is 3.53. The number of methoxy groups -OCH3 is 2. The van der Waals surface area contributed by atoms with Gasteiger partial charge in [0.1, 0.15) is 17.5 Å². The second-order valence-corrected chi connectivity index (χ2v) is 9.51. The molecule has 0 spiro atoms. The molecular formula is C30H26N2O5. The molecule has 0 unspecified atom stereocenters. The topological polar surface area (TPSA) is 76.1 Å². The Morgan fingerprint density at radius 1 is 0.865 bits per heavy atom. The standard InChI is InChI=1S/C30H26N2O5/c1-36-20-12-13-23(37-2)22(16-20)28(33)27-25-24(26-21-11-7-6-10-19(21)14-15-31(26)27)29(34)32(30(25)35)17-18-8-4-3-5-9-18/h3-16,24-27H,17H2,1-2H3/t24-,25+,26+,27+/m0/s1. The Bertz CT molecular complexity index is 1430. The Labute approximate surface area is 214 Å². The van der Waals surface area contributed by atoms with E-state index in [-0.39, 0.29) is 24.1 Å². The van der Waals surface area contributed by atoms with Gasteiger partial charge in [0.2, 0.25) is 11.8 Å². The SMILES string of the molecule is COc1ccc(OC)c(C(=O)[C@H]2[C@@H]3C(=O)N(Cc4ccccc4)C(=O)[C@@H]3[C@H]3c4ccccc4C=CN32)c1. The number of carbonyl (C=O) groups excluding carboxylic acids is 3. The number of likely N-dealkylation sites (tertiary alicyclic amines) is 1. The lowest BCUT2D eigenvalue weighted by Gasteiger charge is -2.35. The highest BCUT2D eigenvalue weighted by molar-refractivity contribution is 6.12. The monoisotopic (exact) mass is 494 g/mol. The first kappa shape index (κ1) is 23.0. The lowest BCUT2D eigenvalue weighted by atomic mass is 9.83. The second kappa shape index (κ2) is 8.92. The van der Waals surface area contributed by atoms with Crippen LogP contribution in [0.2, 0.25) is 0 Å². The summed E-state index contributed by atoms with van der Waals surface area (Å²) in [6.45, 7) is 0.180. The molecule has 186 valence electrons. The van der Waals surface area contributed by atoms with Gasteiger partial charge in [-0.1, -0.05) is 54.6 Å². The quantitative estimate of drug-likeness (QED) is 0.380. The summed E-state index contributed by atoms with van der Waals surface area (Å²) in [7, 11) is 3.03. The average molecular weight is 495 g/mol. The molecule has 7 nitrogen and oxygen atoms in total. The Hall–Kier alpha value is -4.39. The van der Waals surface area contributed by atoms with Crippen LogP contribution < -0.4 is 9.47 Å². The molecule has 0 aliphatic carbocycles. The number of fused-ring (bicyclic) bond motifs is 5. The molecule has 3 heterocycles. The number of hydrogen-bond donors (Lipinski definition) is 0. The van der Waals surface area contributed by atoms with Crippen molar-refractivity contribution in [3.8, 4) is 11.5 Å². The van der Waals surface area contributed by atoms with Gasteiger partial charge in [0.15, 0.2) is 5.78 Å². The minimum Gasteiger partial charge on any atom is -0.497 e. The van der Waals surface area contributed by atoms with Crippen LogP contribution in [0.15, 0.2) is 79.0 Å². The summed E-state index contributed by atoms with van der Waals surface area (Å²) in [6.07, 6.45) is 3.79. The number of rotatable bonds is 6. The third-order valence-electron chi connectivity index (χ3n) is 7.68. The molecule has 0 saturated carbocycles. The van der Waals surface area contributed by atoms with E-state index >= 15 is 0 Å². The number of benzene rings is 3. The van der Waals surface area contributed by atoms with Gasteiger partial charge in [-0.3, -0.25) is 19.3 Å². The van der Waals surface area contributed by atoms with E-state index in [2.05, 4.69) is 0 Å². The van der Waals surface area contributed by atoms with Gasteiger partial charge in [0.05, 0.1) is 44.2 Å². The smallest absolute Gasteiger partial charge is 0.236 e. The van der Waals surface area contributed by atoms with Gasteiger partial charge in [-0.25, -0.2) is 0 Å². The summed E-state index contributed by atoms with van der Waals surface area (Å²) >= 11 is 0. The third-order valence-corrected chi connectivity index (χ3v) is 7.68. The summed E-state index contributed by atoms with van der Waals surface area (Å²) in [5.74, 6) is -1.43. The van der Waals surface area contributed by atoms with E-state index < -0.39 is 23.9 Å². The molecule has 37 heavy (non-hydrogen) atoms. The molecule has 3 aliphatic heterocycles. The summed E-state index contributed by atoms with van der Waals surface area (Å²) < 4.78 is 10.9. The van der Waals surface area contributed by atoms with E-state index in [1.54, 1.807) is 18.2 Å². The number of amides is 2. The Morgan fingerprint density at radius 2 is 1.59 bits per heavy atom. The van der Waals surface area contributed by atoms with E-state index in [0.29, 0.717) is 17.1 Å². The van der Waals surface area contributed by atoms with E-state index in [0.717, 1.165) is 16.7 Å². The van der Waals surface area contributed by atoms with Crippen molar-refractivity contribution in [1.82, 2.24) is 9.80 Å². The summed E-state index contributed by atoms with van der Waals surface area (Å²) in [4.78, 5) is 45.3. The Kier molecular flexibility index (Phi) is 5.56. The van der Waals surface area contributed by atoms with E-state index in [4.69, 9.17) is 9.47 Å². The fraction of sp³-hybridized carbons (Fsp3) is 0.233. The normalized spacial score (nSPS) is 23.5. The van der Waals surface area contributed by atoms with Gasteiger partial charge < -0.3 is 14.4 Å². The van der Waals surface area contributed by atoms with Crippen molar-refractivity contribution in [2.75, 3.05) is 14.2 Å². The van der Waals surface area contributed by atoms with Crippen LogP contribution in [0.5, 0.6) is 11.5 Å². The van der Waals surface area contributed by atoms with Crippen LogP contribution in [-0.2, 0) is 16.1 Å². The first-order valence-electron chi connectivity index (χ1n) is 12.2. The van der Waals surface area contributed by atoms with E-state index in [1.165, 1.54) is 19.1 Å². The van der Waals surface area contributed by atoms with E-state index in [1.807, 2.05) is 71.8 Å². The van der Waals surface area contributed by atoms with Crippen molar-refractivity contribution >= 4 is 23.7 Å². The van der Waals surface area contributed by atoms with Gasteiger partial charge in [-0.2, -0.15) is 0 Å². The highest BCUT2D eigenvalue weighted by Gasteiger charge is 2.64. The number of ketones is 1. The molecule has 0 N–H and O–H groups in total. The maximum absolute atomic E-state index is 14.2. The van der Waals surface area contributed by atoms with Gasteiger partial charge >= 0.3 is 0 Å².